The zero-order valence-corrected chi connectivity index (χ0v) is 14.4. The minimum Gasteiger partial charge on any atom is -0.373 e. The van der Waals surface area contributed by atoms with E-state index in [-0.39, 0.29) is 5.82 Å². The summed E-state index contributed by atoms with van der Waals surface area (Å²) in [5.41, 5.74) is 3.78. The van der Waals surface area contributed by atoms with Crippen molar-refractivity contribution in [3.63, 3.8) is 0 Å². The molecule has 0 aliphatic rings. The molecule has 26 heavy (non-hydrogen) atoms. The lowest BCUT2D eigenvalue weighted by Gasteiger charge is -2.11. The standard InChI is InChI=1S/C20H16FN5/c1-12-14(4-3-5-16(12)21)13-6-7-17-15(10-13)19(22-2)26-20(25-17)18-11-23-8-9-24-18/h3-11H,1-2H3,(H,22,25,26). The molecule has 2 heterocycles. The average Bonchev–Trinajstić information content (AvgIpc) is 2.69. The molecule has 0 saturated heterocycles. The molecular weight excluding hydrogens is 329 g/mol. The molecule has 0 aliphatic carbocycles. The van der Waals surface area contributed by atoms with Crippen LogP contribution in [0.15, 0.2) is 55.0 Å². The highest BCUT2D eigenvalue weighted by molar-refractivity contribution is 5.94. The van der Waals surface area contributed by atoms with Crippen LogP contribution >= 0.6 is 0 Å². The van der Waals surface area contributed by atoms with Crippen LogP contribution in [0.25, 0.3) is 33.5 Å². The predicted octanol–water partition coefficient (Wildman–Crippen LogP) is 4.24. The van der Waals surface area contributed by atoms with E-state index >= 15 is 0 Å². The number of nitrogens with one attached hydrogen (secondary N) is 1. The number of aromatic nitrogens is 4. The Hall–Kier alpha value is -3.41. The van der Waals surface area contributed by atoms with Crippen LogP contribution in [-0.2, 0) is 0 Å². The van der Waals surface area contributed by atoms with Gasteiger partial charge >= 0.3 is 0 Å². The van der Waals surface area contributed by atoms with Crippen LogP contribution in [0.5, 0.6) is 0 Å². The lowest BCUT2D eigenvalue weighted by atomic mass is 9.99. The van der Waals surface area contributed by atoms with Crippen LogP contribution < -0.4 is 5.32 Å². The molecule has 0 saturated carbocycles. The fraction of sp³-hybridized carbons (Fsp3) is 0.100. The van der Waals surface area contributed by atoms with Crippen LogP contribution in [0.2, 0.25) is 0 Å². The van der Waals surface area contributed by atoms with Crippen molar-refractivity contribution < 1.29 is 4.39 Å². The van der Waals surface area contributed by atoms with E-state index in [2.05, 4.69) is 25.3 Å². The normalized spacial score (nSPS) is 10.9. The van der Waals surface area contributed by atoms with Gasteiger partial charge < -0.3 is 5.32 Å². The summed E-state index contributed by atoms with van der Waals surface area (Å²) in [5, 5.41) is 3.97. The van der Waals surface area contributed by atoms with Crippen LogP contribution in [0.3, 0.4) is 0 Å². The molecule has 0 aliphatic heterocycles. The first kappa shape index (κ1) is 16.1. The van der Waals surface area contributed by atoms with E-state index < -0.39 is 0 Å². The van der Waals surface area contributed by atoms with Gasteiger partial charge in [0.25, 0.3) is 0 Å². The first-order valence-electron chi connectivity index (χ1n) is 8.19. The Bertz CT molecular complexity index is 1100. The summed E-state index contributed by atoms with van der Waals surface area (Å²) in [6.07, 6.45) is 4.85. The number of halogens is 1. The second-order valence-corrected chi connectivity index (χ2v) is 5.88. The van der Waals surface area contributed by atoms with Crippen LogP contribution in [0.4, 0.5) is 10.2 Å². The lowest BCUT2D eigenvalue weighted by molar-refractivity contribution is 0.619. The Labute approximate surface area is 150 Å². The molecule has 1 N–H and O–H groups in total. The van der Waals surface area contributed by atoms with Crippen LogP contribution in [-0.4, -0.2) is 27.0 Å². The Morgan fingerprint density at radius 1 is 1.04 bits per heavy atom. The van der Waals surface area contributed by atoms with Gasteiger partial charge in [-0.05, 0) is 41.8 Å². The molecule has 0 fully saturated rings. The molecule has 0 unspecified atom stereocenters. The molecule has 0 atom stereocenters. The van der Waals surface area contributed by atoms with E-state index in [1.165, 1.54) is 6.07 Å². The summed E-state index contributed by atoms with van der Waals surface area (Å²) in [7, 11) is 1.81. The van der Waals surface area contributed by atoms with Crippen molar-refractivity contribution in [2.24, 2.45) is 0 Å². The van der Waals surface area contributed by atoms with Crippen molar-refractivity contribution in [1.82, 2.24) is 19.9 Å². The monoisotopic (exact) mass is 345 g/mol. The summed E-state index contributed by atoms with van der Waals surface area (Å²) in [4.78, 5) is 17.5. The van der Waals surface area contributed by atoms with Crippen LogP contribution in [0, 0.1) is 12.7 Å². The number of rotatable bonds is 3. The molecule has 0 radical (unpaired) electrons. The minimum atomic E-state index is -0.217. The highest BCUT2D eigenvalue weighted by Gasteiger charge is 2.12. The highest BCUT2D eigenvalue weighted by Crippen LogP contribution is 2.31. The first-order chi connectivity index (χ1) is 12.7. The second kappa shape index (κ2) is 6.48. The molecule has 0 spiro atoms. The maximum Gasteiger partial charge on any atom is 0.182 e. The first-order valence-corrected chi connectivity index (χ1v) is 8.19. The fourth-order valence-electron chi connectivity index (χ4n) is 2.94. The molecule has 4 rings (SSSR count). The van der Waals surface area contributed by atoms with Crippen molar-refractivity contribution in [2.45, 2.75) is 6.92 Å². The second-order valence-electron chi connectivity index (χ2n) is 5.88. The van der Waals surface area contributed by atoms with Crippen LogP contribution in [0.1, 0.15) is 5.56 Å². The van der Waals surface area contributed by atoms with Gasteiger partial charge in [0.05, 0.1) is 11.7 Å². The summed E-state index contributed by atoms with van der Waals surface area (Å²) >= 11 is 0. The van der Waals surface area contributed by atoms with Crippen molar-refractivity contribution in [1.29, 1.82) is 0 Å². The van der Waals surface area contributed by atoms with Gasteiger partial charge in [-0.3, -0.25) is 4.98 Å². The van der Waals surface area contributed by atoms with E-state index in [0.29, 0.717) is 22.9 Å². The van der Waals surface area contributed by atoms with Crippen molar-refractivity contribution >= 4 is 16.7 Å². The molecule has 0 bridgehead atoms. The molecule has 128 valence electrons. The predicted molar refractivity (Wildman–Crippen MR) is 100 cm³/mol. The van der Waals surface area contributed by atoms with Gasteiger partial charge in [-0.2, -0.15) is 0 Å². The lowest BCUT2D eigenvalue weighted by Crippen LogP contribution is -2.00. The topological polar surface area (TPSA) is 63.6 Å². The van der Waals surface area contributed by atoms with E-state index in [4.69, 9.17) is 0 Å². The van der Waals surface area contributed by atoms with Crippen molar-refractivity contribution in [2.75, 3.05) is 12.4 Å². The Morgan fingerprint density at radius 2 is 1.92 bits per heavy atom. The quantitative estimate of drug-likeness (QED) is 0.601. The van der Waals surface area contributed by atoms with Gasteiger partial charge in [0.2, 0.25) is 0 Å². The van der Waals surface area contributed by atoms with Gasteiger partial charge in [-0.15, -0.1) is 0 Å². The zero-order chi connectivity index (χ0) is 18.1. The largest absolute Gasteiger partial charge is 0.373 e. The Morgan fingerprint density at radius 3 is 2.69 bits per heavy atom. The fourth-order valence-corrected chi connectivity index (χ4v) is 2.94. The third-order valence-electron chi connectivity index (χ3n) is 4.30. The number of nitrogens with zero attached hydrogens (tertiary/aromatic N) is 4. The maximum absolute atomic E-state index is 13.9. The van der Waals surface area contributed by atoms with Crippen molar-refractivity contribution in [3.05, 3.63) is 66.4 Å². The van der Waals surface area contributed by atoms with Gasteiger partial charge in [-0.1, -0.05) is 18.2 Å². The van der Waals surface area contributed by atoms with E-state index in [1.54, 1.807) is 31.6 Å². The third-order valence-corrected chi connectivity index (χ3v) is 4.30. The van der Waals surface area contributed by atoms with Gasteiger partial charge in [0.1, 0.15) is 17.3 Å². The smallest absolute Gasteiger partial charge is 0.182 e. The Kier molecular flexibility index (Phi) is 4.01. The third kappa shape index (κ3) is 2.75. The van der Waals surface area contributed by atoms with E-state index in [1.807, 2.05) is 31.3 Å². The molecule has 0 amide bonds. The van der Waals surface area contributed by atoms with Crippen molar-refractivity contribution in [3.8, 4) is 22.6 Å². The van der Waals surface area contributed by atoms with Gasteiger partial charge in [0, 0.05) is 24.8 Å². The molecule has 2 aromatic carbocycles. The molecule has 6 heteroatoms. The Balaban J connectivity index is 1.90. The van der Waals surface area contributed by atoms with E-state index in [9.17, 15) is 4.39 Å². The average molecular weight is 345 g/mol. The summed E-state index contributed by atoms with van der Waals surface area (Å²) in [6.45, 7) is 1.78. The number of hydrogen-bond acceptors (Lipinski definition) is 5. The van der Waals surface area contributed by atoms with E-state index in [0.717, 1.165) is 22.0 Å². The number of hydrogen-bond donors (Lipinski definition) is 1. The molecular formula is C20H16FN5. The van der Waals surface area contributed by atoms with Gasteiger partial charge in [-0.25, -0.2) is 19.3 Å². The minimum absolute atomic E-state index is 0.217. The highest BCUT2D eigenvalue weighted by atomic mass is 19.1. The molecule has 4 aromatic rings. The molecule has 5 nitrogen and oxygen atoms in total. The molecule has 2 aromatic heterocycles. The summed E-state index contributed by atoms with van der Waals surface area (Å²) in [5.74, 6) is 0.974. The number of anilines is 1. The zero-order valence-electron chi connectivity index (χ0n) is 14.4. The maximum atomic E-state index is 13.9. The van der Waals surface area contributed by atoms with Gasteiger partial charge in [0.15, 0.2) is 5.82 Å². The summed E-state index contributed by atoms with van der Waals surface area (Å²) < 4.78 is 13.9. The number of benzene rings is 2. The SMILES string of the molecule is CNc1nc(-c2cnccn2)nc2ccc(-c3cccc(F)c3C)cc12. The number of fused-ring (bicyclic) bond motifs is 1. The summed E-state index contributed by atoms with van der Waals surface area (Å²) in [6, 6.07) is 10.9.